The average Bonchev–Trinajstić information content (AvgIpc) is 2.65. The number of H-pyrrole nitrogens is 1. The number of ether oxygens (including phenoxy) is 1. The maximum atomic E-state index is 11.4. The van der Waals surface area contributed by atoms with Gasteiger partial charge in [0.2, 0.25) is 5.56 Å². The highest BCUT2D eigenvalue weighted by Crippen LogP contribution is 2.23. The Hall–Kier alpha value is -2.30. The second kappa shape index (κ2) is 7.52. The number of fused-ring (bicyclic) bond motifs is 1. The van der Waals surface area contributed by atoms with Gasteiger partial charge in [-0.05, 0) is 54.8 Å². The second-order valence-corrected chi connectivity index (χ2v) is 7.23. The first-order chi connectivity index (χ1) is 12.7. The van der Waals surface area contributed by atoms with Crippen molar-refractivity contribution in [2.75, 3.05) is 13.1 Å². The number of aromatic nitrogens is 1. The first-order valence-corrected chi connectivity index (χ1v) is 9.30. The van der Waals surface area contributed by atoms with E-state index in [0.29, 0.717) is 0 Å². The van der Waals surface area contributed by atoms with Crippen molar-refractivity contribution in [2.24, 2.45) is 0 Å². The Balaban J connectivity index is 1.34. The molecule has 0 bridgehead atoms. The van der Waals surface area contributed by atoms with Crippen LogP contribution in [-0.2, 0) is 6.54 Å². The van der Waals surface area contributed by atoms with Gasteiger partial charge in [0.15, 0.2) is 0 Å². The quantitative estimate of drug-likeness (QED) is 0.749. The molecule has 1 saturated heterocycles. The molecule has 26 heavy (non-hydrogen) atoms. The van der Waals surface area contributed by atoms with E-state index in [1.807, 2.05) is 36.4 Å². The van der Waals surface area contributed by atoms with E-state index in [1.54, 1.807) is 6.07 Å². The van der Waals surface area contributed by atoms with Crippen molar-refractivity contribution >= 4 is 22.5 Å². The van der Waals surface area contributed by atoms with Crippen LogP contribution in [0.2, 0.25) is 5.02 Å². The molecule has 1 N–H and O–H groups in total. The fourth-order valence-electron chi connectivity index (χ4n) is 3.43. The third-order valence-electron chi connectivity index (χ3n) is 4.85. The molecule has 2 aromatic carbocycles. The van der Waals surface area contributed by atoms with Crippen molar-refractivity contribution in [3.8, 4) is 5.75 Å². The lowest BCUT2D eigenvalue weighted by molar-refractivity contribution is 0.0969. The third-order valence-corrected chi connectivity index (χ3v) is 5.10. The summed E-state index contributed by atoms with van der Waals surface area (Å²) in [6, 6.07) is 17.3. The molecule has 0 aliphatic carbocycles. The molecule has 4 rings (SSSR count). The first kappa shape index (κ1) is 17.1. The van der Waals surface area contributed by atoms with Gasteiger partial charge in [0.25, 0.3) is 0 Å². The normalized spacial score (nSPS) is 16.0. The predicted octanol–water partition coefficient (Wildman–Crippen LogP) is 4.22. The molecule has 3 aromatic rings. The van der Waals surface area contributed by atoms with E-state index >= 15 is 0 Å². The maximum absolute atomic E-state index is 11.4. The molecular weight excluding hydrogens is 348 g/mol. The number of likely N-dealkylation sites (tertiary alicyclic amines) is 1. The molecule has 1 aromatic heterocycles. The van der Waals surface area contributed by atoms with Crippen LogP contribution >= 0.6 is 11.6 Å². The van der Waals surface area contributed by atoms with E-state index in [2.05, 4.69) is 22.0 Å². The van der Waals surface area contributed by atoms with E-state index in [0.717, 1.165) is 54.2 Å². The van der Waals surface area contributed by atoms with Gasteiger partial charge in [-0.25, -0.2) is 0 Å². The average molecular weight is 369 g/mol. The Bertz CT molecular complexity index is 944. The number of piperidine rings is 1. The molecule has 1 aliphatic rings. The molecule has 134 valence electrons. The largest absolute Gasteiger partial charge is 0.490 e. The van der Waals surface area contributed by atoms with Crippen molar-refractivity contribution in [3.63, 3.8) is 0 Å². The molecule has 0 unspecified atom stereocenters. The molecule has 5 heteroatoms. The number of benzene rings is 2. The first-order valence-electron chi connectivity index (χ1n) is 8.92. The number of halogens is 1. The molecule has 1 aliphatic heterocycles. The minimum absolute atomic E-state index is 0.0840. The van der Waals surface area contributed by atoms with Gasteiger partial charge in [-0.1, -0.05) is 23.7 Å². The summed E-state index contributed by atoms with van der Waals surface area (Å²) < 4.78 is 6.17. The van der Waals surface area contributed by atoms with Gasteiger partial charge in [0.1, 0.15) is 11.9 Å². The van der Waals surface area contributed by atoms with Crippen molar-refractivity contribution in [1.82, 2.24) is 9.88 Å². The summed E-state index contributed by atoms with van der Waals surface area (Å²) >= 11 is 5.95. The van der Waals surface area contributed by atoms with Crippen molar-refractivity contribution in [1.29, 1.82) is 0 Å². The maximum Gasteiger partial charge on any atom is 0.248 e. The van der Waals surface area contributed by atoms with Crippen LogP contribution in [0.3, 0.4) is 0 Å². The Morgan fingerprint density at radius 1 is 1.04 bits per heavy atom. The van der Waals surface area contributed by atoms with Crippen molar-refractivity contribution in [2.45, 2.75) is 25.5 Å². The molecular formula is C21H21ClN2O2. The van der Waals surface area contributed by atoms with Crippen LogP contribution in [0.25, 0.3) is 10.9 Å². The standard InChI is InChI=1S/C21H21ClN2O2/c22-17-4-1-15(2-5-17)14-24-11-9-18(10-12-24)26-19-6-7-20-16(13-19)3-8-21(25)23-20/h1-8,13,18H,9-12,14H2,(H,23,25). The molecule has 4 nitrogen and oxygen atoms in total. The monoisotopic (exact) mass is 368 g/mol. The third kappa shape index (κ3) is 4.09. The highest BCUT2D eigenvalue weighted by molar-refractivity contribution is 6.30. The van der Waals surface area contributed by atoms with E-state index in [-0.39, 0.29) is 11.7 Å². The summed E-state index contributed by atoms with van der Waals surface area (Å²) in [4.78, 5) is 16.6. The van der Waals surface area contributed by atoms with Gasteiger partial charge in [-0.2, -0.15) is 0 Å². The Kier molecular flexibility index (Phi) is 4.96. The lowest BCUT2D eigenvalue weighted by atomic mass is 10.1. The van der Waals surface area contributed by atoms with Crippen LogP contribution in [0.15, 0.2) is 59.4 Å². The highest BCUT2D eigenvalue weighted by atomic mass is 35.5. The van der Waals surface area contributed by atoms with E-state index < -0.39 is 0 Å². The lowest BCUT2D eigenvalue weighted by Crippen LogP contribution is -2.37. The minimum atomic E-state index is -0.0840. The smallest absolute Gasteiger partial charge is 0.248 e. The van der Waals surface area contributed by atoms with Gasteiger partial charge in [0, 0.05) is 41.6 Å². The Labute approximate surface area is 157 Å². The van der Waals surface area contributed by atoms with Gasteiger partial charge in [-0.3, -0.25) is 9.69 Å². The van der Waals surface area contributed by atoms with Gasteiger partial charge < -0.3 is 9.72 Å². The van der Waals surface area contributed by atoms with Gasteiger partial charge in [-0.15, -0.1) is 0 Å². The van der Waals surface area contributed by atoms with Crippen molar-refractivity contribution in [3.05, 3.63) is 75.5 Å². The summed E-state index contributed by atoms with van der Waals surface area (Å²) in [6.07, 6.45) is 2.26. The summed E-state index contributed by atoms with van der Waals surface area (Å²) in [5.74, 6) is 0.862. The zero-order valence-electron chi connectivity index (χ0n) is 14.5. The Morgan fingerprint density at radius 3 is 2.58 bits per heavy atom. The fourth-order valence-corrected chi connectivity index (χ4v) is 3.56. The number of nitrogens with zero attached hydrogens (tertiary/aromatic N) is 1. The summed E-state index contributed by atoms with van der Waals surface area (Å²) in [7, 11) is 0. The van der Waals surface area contributed by atoms with Gasteiger partial charge >= 0.3 is 0 Å². The predicted molar refractivity (Wildman–Crippen MR) is 105 cm³/mol. The zero-order valence-corrected chi connectivity index (χ0v) is 15.2. The van der Waals surface area contributed by atoms with Gasteiger partial charge in [0.05, 0.1) is 0 Å². The number of aromatic amines is 1. The summed E-state index contributed by atoms with van der Waals surface area (Å²) in [5.41, 5.74) is 2.04. The zero-order chi connectivity index (χ0) is 17.9. The van der Waals surface area contributed by atoms with Crippen LogP contribution in [0.1, 0.15) is 18.4 Å². The van der Waals surface area contributed by atoms with Crippen LogP contribution in [0.5, 0.6) is 5.75 Å². The molecule has 1 fully saturated rings. The van der Waals surface area contributed by atoms with E-state index in [9.17, 15) is 4.79 Å². The molecule has 0 atom stereocenters. The van der Waals surface area contributed by atoms with Crippen LogP contribution in [0.4, 0.5) is 0 Å². The SMILES string of the molecule is O=c1ccc2cc(OC3CCN(Cc4ccc(Cl)cc4)CC3)ccc2[nH]1. The number of nitrogens with one attached hydrogen (secondary N) is 1. The number of rotatable bonds is 4. The number of pyridine rings is 1. The number of hydrogen-bond donors (Lipinski definition) is 1. The Morgan fingerprint density at radius 2 is 1.81 bits per heavy atom. The fraction of sp³-hybridized carbons (Fsp3) is 0.286. The van der Waals surface area contributed by atoms with Crippen molar-refractivity contribution < 1.29 is 4.74 Å². The second-order valence-electron chi connectivity index (χ2n) is 6.79. The topological polar surface area (TPSA) is 45.3 Å². The summed E-state index contributed by atoms with van der Waals surface area (Å²) in [5, 5.41) is 1.77. The lowest BCUT2D eigenvalue weighted by Gasteiger charge is -2.32. The molecule has 0 amide bonds. The van der Waals surface area contributed by atoms with E-state index in [1.165, 1.54) is 5.56 Å². The minimum Gasteiger partial charge on any atom is -0.490 e. The summed E-state index contributed by atoms with van der Waals surface area (Å²) in [6.45, 7) is 3.00. The highest BCUT2D eigenvalue weighted by Gasteiger charge is 2.20. The molecule has 2 heterocycles. The van der Waals surface area contributed by atoms with Crippen LogP contribution in [0, 0.1) is 0 Å². The van der Waals surface area contributed by atoms with E-state index in [4.69, 9.17) is 16.3 Å². The number of hydrogen-bond acceptors (Lipinski definition) is 3. The molecule has 0 saturated carbocycles. The molecule has 0 spiro atoms. The van der Waals surface area contributed by atoms with Crippen LogP contribution in [-0.4, -0.2) is 29.1 Å². The molecule has 0 radical (unpaired) electrons. The van der Waals surface area contributed by atoms with Crippen LogP contribution < -0.4 is 10.3 Å².